The van der Waals surface area contributed by atoms with Gasteiger partial charge in [-0.05, 0) is 43.7 Å². The number of anilines is 1. The van der Waals surface area contributed by atoms with E-state index in [1.54, 1.807) is 0 Å². The summed E-state index contributed by atoms with van der Waals surface area (Å²) >= 11 is 1.50. The van der Waals surface area contributed by atoms with Crippen molar-refractivity contribution in [2.75, 3.05) is 18.0 Å². The Morgan fingerprint density at radius 1 is 1.03 bits per heavy atom. The molecule has 0 saturated heterocycles. The molecule has 2 aromatic carbocycles. The Hall–Kier alpha value is -3.18. The van der Waals surface area contributed by atoms with Gasteiger partial charge in [-0.25, -0.2) is 9.78 Å². The van der Waals surface area contributed by atoms with E-state index in [0.29, 0.717) is 16.8 Å². The fourth-order valence-corrected chi connectivity index (χ4v) is 3.99. The number of benzene rings is 2. The summed E-state index contributed by atoms with van der Waals surface area (Å²) in [5, 5.41) is 3.64. The zero-order valence-corrected chi connectivity index (χ0v) is 17.3. The molecule has 0 aliphatic heterocycles. The zero-order chi connectivity index (χ0) is 20.2. The molecule has 0 atom stereocenters. The van der Waals surface area contributed by atoms with Gasteiger partial charge in [-0.2, -0.15) is 0 Å². The first-order valence-electron chi connectivity index (χ1n) is 9.70. The van der Waals surface area contributed by atoms with E-state index in [0.717, 1.165) is 34.7 Å². The molecule has 2 aromatic heterocycles. The second kappa shape index (κ2) is 8.45. The topological polar surface area (TPSA) is 46.3 Å². The van der Waals surface area contributed by atoms with Crippen LogP contribution in [0.3, 0.4) is 0 Å². The van der Waals surface area contributed by atoms with Gasteiger partial charge in [-0.3, -0.25) is 0 Å². The largest absolute Gasteiger partial charge is 0.422 e. The molecule has 0 spiro atoms. The van der Waals surface area contributed by atoms with Crippen LogP contribution in [0.2, 0.25) is 0 Å². The van der Waals surface area contributed by atoms with Crippen molar-refractivity contribution < 1.29 is 4.42 Å². The van der Waals surface area contributed by atoms with E-state index in [1.807, 2.05) is 66.1 Å². The highest BCUT2D eigenvalue weighted by atomic mass is 32.1. The average molecular weight is 403 g/mol. The molecular weight excluding hydrogens is 380 g/mol. The van der Waals surface area contributed by atoms with Gasteiger partial charge in [0, 0.05) is 35.6 Å². The maximum Gasteiger partial charge on any atom is 0.345 e. The molecule has 0 radical (unpaired) electrons. The predicted octanol–water partition coefficient (Wildman–Crippen LogP) is 5.93. The Morgan fingerprint density at radius 2 is 1.83 bits per heavy atom. The summed E-state index contributed by atoms with van der Waals surface area (Å²) in [7, 11) is 0. The van der Waals surface area contributed by atoms with Crippen LogP contribution in [0, 0.1) is 0 Å². The van der Waals surface area contributed by atoms with E-state index in [1.165, 1.54) is 11.3 Å². The number of thiazole rings is 1. The Kier molecular flexibility index (Phi) is 5.58. The van der Waals surface area contributed by atoms with Gasteiger partial charge in [0.25, 0.3) is 0 Å². The predicted molar refractivity (Wildman–Crippen MR) is 123 cm³/mol. The van der Waals surface area contributed by atoms with E-state index in [9.17, 15) is 4.79 Å². The summed E-state index contributed by atoms with van der Waals surface area (Å²) in [5.74, 6) is 0. The van der Waals surface area contributed by atoms with Crippen LogP contribution in [0.15, 0.2) is 69.2 Å². The Balaban J connectivity index is 1.65. The molecule has 4 nitrogen and oxygen atoms in total. The molecule has 2 heterocycles. The summed E-state index contributed by atoms with van der Waals surface area (Å²) in [6.07, 6.45) is 3.97. The number of nitrogens with zero attached hydrogens (tertiary/aromatic N) is 2. The SMILES string of the molecule is CCN(CC)c1ccc2cc(-c3csc(/C=C/c4ccccc4)n3)c(=O)oc2c1. The van der Waals surface area contributed by atoms with Crippen molar-refractivity contribution in [2.24, 2.45) is 0 Å². The highest BCUT2D eigenvalue weighted by Crippen LogP contribution is 2.26. The summed E-state index contributed by atoms with van der Waals surface area (Å²) in [5.41, 5.74) is 3.54. The van der Waals surface area contributed by atoms with Gasteiger partial charge in [0.05, 0.1) is 11.3 Å². The number of fused-ring (bicyclic) bond motifs is 1. The molecule has 4 rings (SSSR count). The summed E-state index contributed by atoms with van der Waals surface area (Å²) in [6.45, 7) is 6.03. The van der Waals surface area contributed by atoms with Crippen LogP contribution in [0.25, 0.3) is 34.4 Å². The minimum Gasteiger partial charge on any atom is -0.422 e. The first kappa shape index (κ1) is 19.2. The minimum atomic E-state index is -0.363. The molecule has 146 valence electrons. The number of hydrogen-bond acceptors (Lipinski definition) is 5. The molecule has 0 fully saturated rings. The molecule has 0 amide bonds. The molecule has 0 aliphatic rings. The van der Waals surface area contributed by atoms with E-state index in [2.05, 4.69) is 29.8 Å². The average Bonchev–Trinajstić information content (AvgIpc) is 3.22. The van der Waals surface area contributed by atoms with Crippen molar-refractivity contribution in [1.29, 1.82) is 0 Å². The van der Waals surface area contributed by atoms with Crippen LogP contribution < -0.4 is 10.5 Å². The van der Waals surface area contributed by atoms with Gasteiger partial charge in [0.15, 0.2) is 0 Å². The maximum atomic E-state index is 12.6. The van der Waals surface area contributed by atoms with Crippen molar-refractivity contribution in [3.05, 3.63) is 81.0 Å². The van der Waals surface area contributed by atoms with Crippen LogP contribution in [-0.4, -0.2) is 18.1 Å². The minimum absolute atomic E-state index is 0.363. The summed E-state index contributed by atoms with van der Waals surface area (Å²) in [4.78, 5) is 19.4. The van der Waals surface area contributed by atoms with Crippen molar-refractivity contribution >= 4 is 40.1 Å². The van der Waals surface area contributed by atoms with Crippen LogP contribution >= 0.6 is 11.3 Å². The standard InChI is InChI=1S/C24H22N2O2S/c1-3-26(4-2)19-12-11-18-14-20(24(27)28-22(18)15-19)21-16-29-23(25-21)13-10-17-8-6-5-7-9-17/h5-16H,3-4H2,1-2H3/b13-10+. The Morgan fingerprint density at radius 3 is 2.59 bits per heavy atom. The second-order valence-corrected chi connectivity index (χ2v) is 7.55. The van der Waals surface area contributed by atoms with E-state index >= 15 is 0 Å². The van der Waals surface area contributed by atoms with Crippen LogP contribution in [-0.2, 0) is 0 Å². The molecule has 0 aliphatic carbocycles. The Bertz CT molecular complexity index is 1200. The third-order valence-corrected chi connectivity index (χ3v) is 5.67. The first-order valence-corrected chi connectivity index (χ1v) is 10.6. The van der Waals surface area contributed by atoms with E-state index < -0.39 is 0 Å². The zero-order valence-electron chi connectivity index (χ0n) is 16.5. The number of rotatable bonds is 6. The third kappa shape index (κ3) is 4.15. The fraction of sp³-hybridized carbons (Fsp3) is 0.167. The summed E-state index contributed by atoms with van der Waals surface area (Å²) < 4.78 is 5.63. The van der Waals surface area contributed by atoms with Crippen molar-refractivity contribution in [3.8, 4) is 11.3 Å². The molecule has 0 unspecified atom stereocenters. The van der Waals surface area contributed by atoms with Gasteiger partial charge in [0.2, 0.25) is 0 Å². The lowest BCUT2D eigenvalue weighted by molar-refractivity contribution is 0.563. The van der Waals surface area contributed by atoms with Gasteiger partial charge in [-0.1, -0.05) is 36.4 Å². The molecule has 0 bridgehead atoms. The van der Waals surface area contributed by atoms with E-state index in [-0.39, 0.29) is 5.63 Å². The Labute approximate surface area is 173 Å². The highest BCUT2D eigenvalue weighted by Gasteiger charge is 2.12. The molecule has 4 aromatic rings. The molecule has 0 N–H and O–H groups in total. The van der Waals surface area contributed by atoms with Crippen molar-refractivity contribution in [3.63, 3.8) is 0 Å². The van der Waals surface area contributed by atoms with Crippen molar-refractivity contribution in [1.82, 2.24) is 4.98 Å². The smallest absolute Gasteiger partial charge is 0.345 e. The quantitative estimate of drug-likeness (QED) is 0.375. The highest BCUT2D eigenvalue weighted by molar-refractivity contribution is 7.10. The lowest BCUT2D eigenvalue weighted by atomic mass is 10.1. The van der Waals surface area contributed by atoms with Gasteiger partial charge < -0.3 is 9.32 Å². The lowest BCUT2D eigenvalue weighted by Gasteiger charge is -2.20. The third-order valence-electron chi connectivity index (χ3n) is 4.86. The molecule has 0 saturated carbocycles. The molecule has 5 heteroatoms. The van der Waals surface area contributed by atoms with Crippen LogP contribution in [0.5, 0.6) is 0 Å². The number of aromatic nitrogens is 1. The normalized spacial score (nSPS) is 11.4. The monoisotopic (exact) mass is 402 g/mol. The second-order valence-electron chi connectivity index (χ2n) is 6.66. The van der Waals surface area contributed by atoms with Crippen LogP contribution in [0.1, 0.15) is 24.4 Å². The maximum absolute atomic E-state index is 12.6. The van der Waals surface area contributed by atoms with Crippen LogP contribution in [0.4, 0.5) is 5.69 Å². The fourth-order valence-electron chi connectivity index (χ4n) is 3.28. The van der Waals surface area contributed by atoms with Gasteiger partial charge in [-0.15, -0.1) is 11.3 Å². The molecular formula is C24H22N2O2S. The van der Waals surface area contributed by atoms with Gasteiger partial charge in [0.1, 0.15) is 10.6 Å². The first-order chi connectivity index (χ1) is 14.2. The van der Waals surface area contributed by atoms with Gasteiger partial charge >= 0.3 is 5.63 Å². The molecule has 29 heavy (non-hydrogen) atoms. The van der Waals surface area contributed by atoms with Crippen molar-refractivity contribution in [2.45, 2.75) is 13.8 Å². The van der Waals surface area contributed by atoms with E-state index in [4.69, 9.17) is 4.42 Å². The summed E-state index contributed by atoms with van der Waals surface area (Å²) in [6, 6.07) is 17.9. The lowest BCUT2D eigenvalue weighted by Crippen LogP contribution is -2.21. The number of hydrogen-bond donors (Lipinski definition) is 0.